The first-order valence-electron chi connectivity index (χ1n) is 16.4. The Morgan fingerprint density at radius 1 is 0.923 bits per heavy atom. The molecule has 0 amide bonds. The van der Waals surface area contributed by atoms with E-state index in [9.17, 15) is 4.79 Å². The fourth-order valence-electron chi connectivity index (χ4n) is 11.7. The summed E-state index contributed by atoms with van der Waals surface area (Å²) in [5.41, 5.74) is 3.79. The van der Waals surface area contributed by atoms with Gasteiger partial charge in [0.25, 0.3) is 0 Å². The average Bonchev–Trinajstić information content (AvgIpc) is 3.45. The maximum Gasteiger partial charge on any atom is 0.338 e. The highest BCUT2D eigenvalue weighted by Crippen LogP contribution is 2.87. The smallest absolute Gasteiger partial charge is 0.338 e. The second kappa shape index (κ2) is 9.49. The molecule has 0 saturated heterocycles. The van der Waals surface area contributed by atoms with Crippen LogP contribution in [0.15, 0.2) is 42.5 Å². The monoisotopic (exact) mass is 530 g/mol. The van der Waals surface area contributed by atoms with Crippen molar-refractivity contribution in [3.05, 3.63) is 48.0 Å². The van der Waals surface area contributed by atoms with Crippen LogP contribution in [0.2, 0.25) is 0 Å². The number of hydrogen-bond acceptors (Lipinski definition) is 2. The van der Waals surface area contributed by atoms with Gasteiger partial charge in [0.1, 0.15) is 6.10 Å². The number of carbonyl (C=O) groups excluding carboxylic acids is 1. The normalized spacial score (nSPS) is 42.5. The van der Waals surface area contributed by atoms with Gasteiger partial charge >= 0.3 is 5.97 Å². The molecule has 1 aromatic carbocycles. The number of ether oxygens (including phenoxy) is 1. The van der Waals surface area contributed by atoms with Crippen LogP contribution in [-0.2, 0) is 4.74 Å². The van der Waals surface area contributed by atoms with Crippen LogP contribution in [0.3, 0.4) is 0 Å². The summed E-state index contributed by atoms with van der Waals surface area (Å²) in [4.78, 5) is 13.0. The van der Waals surface area contributed by atoms with Crippen molar-refractivity contribution in [2.24, 2.45) is 57.2 Å². The Bertz CT molecular complexity index is 1100. The Hall–Kier alpha value is -1.57. The third-order valence-electron chi connectivity index (χ3n) is 14.0. The van der Waals surface area contributed by atoms with Gasteiger partial charge in [-0.25, -0.2) is 4.79 Å². The quantitative estimate of drug-likeness (QED) is 0.259. The van der Waals surface area contributed by atoms with E-state index in [2.05, 4.69) is 48.1 Å². The molecular weight excluding hydrogens is 476 g/mol. The molecule has 0 aliphatic heterocycles. The summed E-state index contributed by atoms with van der Waals surface area (Å²) in [5.74, 6) is 4.70. The van der Waals surface area contributed by atoms with Crippen LogP contribution < -0.4 is 0 Å². The molecule has 2 nitrogen and oxygen atoms in total. The largest absolute Gasteiger partial charge is 0.458 e. The van der Waals surface area contributed by atoms with E-state index < -0.39 is 0 Å². The Kier molecular flexibility index (Phi) is 6.71. The topological polar surface area (TPSA) is 26.3 Å². The zero-order valence-electron chi connectivity index (χ0n) is 25.7. The molecule has 0 heterocycles. The molecule has 0 N–H and O–H groups in total. The molecule has 0 radical (unpaired) electrons. The van der Waals surface area contributed by atoms with Gasteiger partial charge in [-0.05, 0) is 135 Å². The van der Waals surface area contributed by atoms with Gasteiger partial charge in [-0.3, -0.25) is 0 Å². The van der Waals surface area contributed by atoms with Crippen molar-refractivity contribution in [1.29, 1.82) is 0 Å². The number of allylic oxidation sites excluding steroid dienone is 1. The van der Waals surface area contributed by atoms with Crippen molar-refractivity contribution in [3.63, 3.8) is 0 Å². The molecule has 2 heteroatoms. The van der Waals surface area contributed by atoms with E-state index in [0.29, 0.717) is 33.6 Å². The van der Waals surface area contributed by atoms with Crippen molar-refractivity contribution < 1.29 is 9.53 Å². The van der Waals surface area contributed by atoms with Gasteiger partial charge in [0.15, 0.2) is 0 Å². The SMILES string of the molecule is C=C(CC[C@@H](C)[C@H]1CCC2[C@@H]3CC[C@H]4C(C)(C)[C@@H](OC(=O)c5ccccc5)CC[C@@]45C[C@@]35CC[C@@]21C)C(C)C. The third-order valence-corrected chi connectivity index (χ3v) is 14.0. The summed E-state index contributed by atoms with van der Waals surface area (Å²) in [7, 11) is 0. The van der Waals surface area contributed by atoms with Crippen molar-refractivity contribution in [1.82, 2.24) is 0 Å². The van der Waals surface area contributed by atoms with Crippen molar-refractivity contribution in [2.45, 2.75) is 118 Å². The highest BCUT2D eigenvalue weighted by molar-refractivity contribution is 5.89. The maximum atomic E-state index is 13.0. The first-order chi connectivity index (χ1) is 18.5. The van der Waals surface area contributed by atoms with Crippen LogP contribution >= 0.6 is 0 Å². The van der Waals surface area contributed by atoms with Crippen LogP contribution in [0, 0.1) is 57.2 Å². The van der Waals surface area contributed by atoms with E-state index in [1.165, 1.54) is 69.8 Å². The van der Waals surface area contributed by atoms with Crippen LogP contribution in [-0.4, -0.2) is 12.1 Å². The Morgan fingerprint density at radius 2 is 1.64 bits per heavy atom. The summed E-state index contributed by atoms with van der Waals surface area (Å²) in [6, 6.07) is 9.59. The zero-order chi connectivity index (χ0) is 27.8. The number of esters is 1. The summed E-state index contributed by atoms with van der Waals surface area (Å²) < 4.78 is 6.27. The van der Waals surface area contributed by atoms with Crippen LogP contribution in [0.4, 0.5) is 0 Å². The van der Waals surface area contributed by atoms with Crippen LogP contribution in [0.1, 0.15) is 123 Å². The summed E-state index contributed by atoms with van der Waals surface area (Å²) in [5, 5.41) is 0. The first-order valence-corrected chi connectivity index (χ1v) is 16.4. The van der Waals surface area contributed by atoms with Gasteiger partial charge in [0, 0.05) is 5.41 Å². The maximum absolute atomic E-state index is 13.0. The molecule has 1 unspecified atom stereocenters. The molecule has 2 spiro atoms. The van der Waals surface area contributed by atoms with Crippen molar-refractivity contribution >= 4 is 5.97 Å². The predicted molar refractivity (Wildman–Crippen MR) is 160 cm³/mol. The molecule has 5 aliphatic rings. The number of fused-ring (bicyclic) bond motifs is 2. The van der Waals surface area contributed by atoms with Gasteiger partial charge in [-0.1, -0.05) is 71.9 Å². The highest BCUT2D eigenvalue weighted by atomic mass is 16.5. The Morgan fingerprint density at radius 3 is 2.36 bits per heavy atom. The van der Waals surface area contributed by atoms with Gasteiger partial charge in [0.05, 0.1) is 5.56 Å². The van der Waals surface area contributed by atoms with Crippen molar-refractivity contribution in [2.75, 3.05) is 0 Å². The zero-order valence-corrected chi connectivity index (χ0v) is 25.7. The van der Waals surface area contributed by atoms with Gasteiger partial charge in [-0.15, -0.1) is 0 Å². The van der Waals surface area contributed by atoms with E-state index in [-0.39, 0.29) is 17.5 Å². The third kappa shape index (κ3) is 4.04. The van der Waals surface area contributed by atoms with Gasteiger partial charge in [0.2, 0.25) is 0 Å². The summed E-state index contributed by atoms with van der Waals surface area (Å²) >= 11 is 0. The lowest BCUT2D eigenvalue weighted by Crippen LogP contribution is -2.55. The molecule has 6 rings (SSSR count). The molecule has 0 aromatic heterocycles. The molecule has 0 bridgehead atoms. The molecular formula is C37H54O2. The minimum absolute atomic E-state index is 0.0289. The predicted octanol–water partition coefficient (Wildman–Crippen LogP) is 9.89. The number of carbonyl (C=O) groups is 1. The second-order valence-electron chi connectivity index (χ2n) is 16.0. The standard InChI is InChI=1S/C37H54O2/c1-24(2)25(3)13-14-26(4)28-15-16-29-30-17-18-31-34(5,6)32(39-33(38)27-11-9-8-10-12-27)19-20-37(31)23-36(30,37)22-21-35(28,29)7/h8-12,24,26,28-32H,3,13-23H2,1-2,4-7H3/t26-,28-,29?,30+,31+,32+,35-,36+,37-/m1/s1. The van der Waals surface area contributed by atoms with Crippen LogP contribution in [0.25, 0.3) is 0 Å². The number of rotatable bonds is 7. The molecule has 214 valence electrons. The first kappa shape index (κ1) is 27.6. The second-order valence-corrected chi connectivity index (χ2v) is 16.0. The van der Waals surface area contributed by atoms with Crippen molar-refractivity contribution in [3.8, 4) is 0 Å². The molecule has 39 heavy (non-hydrogen) atoms. The number of hydrogen-bond donors (Lipinski definition) is 0. The Balaban J connectivity index is 1.16. The summed E-state index contributed by atoms with van der Waals surface area (Å²) in [6.45, 7) is 19.1. The molecule has 1 aromatic rings. The van der Waals surface area contributed by atoms with E-state index in [0.717, 1.165) is 30.1 Å². The number of benzene rings is 1. The average molecular weight is 531 g/mol. The fraction of sp³-hybridized carbons (Fsp3) is 0.757. The minimum Gasteiger partial charge on any atom is -0.458 e. The van der Waals surface area contributed by atoms with E-state index in [1.54, 1.807) is 0 Å². The minimum atomic E-state index is -0.139. The summed E-state index contributed by atoms with van der Waals surface area (Å²) in [6.07, 6.45) is 14.9. The Labute approximate surface area is 238 Å². The van der Waals surface area contributed by atoms with E-state index in [1.807, 2.05) is 30.3 Å². The lowest BCUT2D eigenvalue weighted by atomic mass is 9.46. The molecule has 5 aliphatic carbocycles. The van der Waals surface area contributed by atoms with Gasteiger partial charge < -0.3 is 4.74 Å². The highest BCUT2D eigenvalue weighted by Gasteiger charge is 2.80. The van der Waals surface area contributed by atoms with E-state index in [4.69, 9.17) is 4.74 Å². The van der Waals surface area contributed by atoms with Crippen LogP contribution in [0.5, 0.6) is 0 Å². The van der Waals surface area contributed by atoms with E-state index >= 15 is 0 Å². The molecule has 5 saturated carbocycles. The lowest BCUT2D eigenvalue weighted by Gasteiger charge is -2.59. The van der Waals surface area contributed by atoms with Gasteiger partial charge in [-0.2, -0.15) is 0 Å². The molecule has 9 atom stereocenters. The fourth-order valence-corrected chi connectivity index (χ4v) is 11.7. The molecule has 5 fully saturated rings. The lowest BCUT2D eigenvalue weighted by molar-refractivity contribution is -0.136.